The maximum absolute atomic E-state index is 12.1. The quantitative estimate of drug-likeness (QED) is 0.877. The van der Waals surface area contributed by atoms with Gasteiger partial charge in [0.1, 0.15) is 6.04 Å². The van der Waals surface area contributed by atoms with Gasteiger partial charge in [-0.05, 0) is 25.0 Å². The second kappa shape index (κ2) is 6.07. The molecule has 1 aromatic carbocycles. The van der Waals surface area contributed by atoms with Gasteiger partial charge in [0, 0.05) is 17.3 Å². The highest BCUT2D eigenvalue weighted by Crippen LogP contribution is 2.25. The van der Waals surface area contributed by atoms with Gasteiger partial charge in [0.15, 0.2) is 0 Å². The Kier molecular flexibility index (Phi) is 4.44. The van der Waals surface area contributed by atoms with Gasteiger partial charge in [0.2, 0.25) is 5.91 Å². The van der Waals surface area contributed by atoms with E-state index >= 15 is 0 Å². The first-order chi connectivity index (χ1) is 8.72. The molecule has 0 aromatic heterocycles. The monoisotopic (exact) mass is 262 g/mol. The number of thioether (sulfide) groups is 1. The summed E-state index contributed by atoms with van der Waals surface area (Å²) in [6, 6.07) is 7.93. The van der Waals surface area contributed by atoms with Gasteiger partial charge < -0.3 is 5.32 Å². The van der Waals surface area contributed by atoms with Crippen molar-refractivity contribution in [1.82, 2.24) is 10.6 Å². The van der Waals surface area contributed by atoms with Crippen molar-refractivity contribution in [3.05, 3.63) is 46.4 Å². The third-order valence-corrected chi connectivity index (χ3v) is 4.19. The summed E-state index contributed by atoms with van der Waals surface area (Å²) >= 11 is 1.69. The van der Waals surface area contributed by atoms with Crippen LogP contribution in [-0.4, -0.2) is 17.8 Å². The van der Waals surface area contributed by atoms with Crippen molar-refractivity contribution < 1.29 is 4.79 Å². The number of amides is 1. The summed E-state index contributed by atoms with van der Waals surface area (Å²) in [5.41, 5.74) is 2.37. The molecule has 1 amide bonds. The second-order valence-electron chi connectivity index (χ2n) is 4.26. The summed E-state index contributed by atoms with van der Waals surface area (Å²) in [7, 11) is 0. The molecular formula is C14H18N2OS. The van der Waals surface area contributed by atoms with Gasteiger partial charge in [0.05, 0.1) is 0 Å². The molecule has 0 aliphatic carbocycles. The number of benzene rings is 1. The minimum atomic E-state index is -0.177. The third kappa shape index (κ3) is 2.94. The molecule has 2 N–H and O–H groups in total. The molecule has 1 aliphatic heterocycles. The number of allylic oxidation sites excluding steroid dienone is 1. The second-order valence-corrected chi connectivity index (χ2v) is 5.31. The molecule has 2 rings (SSSR count). The van der Waals surface area contributed by atoms with E-state index in [0.29, 0.717) is 6.54 Å². The lowest BCUT2D eigenvalue weighted by molar-refractivity contribution is -0.122. The zero-order chi connectivity index (χ0) is 13.0. The normalized spacial score (nSPS) is 21.2. The highest BCUT2D eigenvalue weighted by Gasteiger charge is 2.26. The van der Waals surface area contributed by atoms with Crippen molar-refractivity contribution in [2.24, 2.45) is 0 Å². The smallest absolute Gasteiger partial charge is 0.242 e. The number of carbonyl (C=O) groups excluding carboxylic acids is 1. The fourth-order valence-corrected chi connectivity index (χ4v) is 2.90. The van der Waals surface area contributed by atoms with Crippen LogP contribution in [-0.2, 0) is 11.3 Å². The average molecular weight is 262 g/mol. The lowest BCUT2D eigenvalue weighted by atomic mass is 10.1. The molecule has 0 saturated carbocycles. The molecule has 1 unspecified atom stereocenters. The van der Waals surface area contributed by atoms with Gasteiger partial charge >= 0.3 is 0 Å². The van der Waals surface area contributed by atoms with Crippen LogP contribution in [0.2, 0.25) is 0 Å². The van der Waals surface area contributed by atoms with Crippen LogP contribution in [0.3, 0.4) is 0 Å². The van der Waals surface area contributed by atoms with Gasteiger partial charge in [0.25, 0.3) is 0 Å². The van der Waals surface area contributed by atoms with Gasteiger partial charge in [-0.15, -0.1) is 11.8 Å². The molecule has 0 bridgehead atoms. The molecule has 4 heteroatoms. The average Bonchev–Trinajstić information content (AvgIpc) is 2.86. The first-order valence-electron chi connectivity index (χ1n) is 6.07. The van der Waals surface area contributed by atoms with Gasteiger partial charge in [-0.1, -0.05) is 30.3 Å². The van der Waals surface area contributed by atoms with Crippen LogP contribution in [0.4, 0.5) is 0 Å². The number of nitrogens with one attached hydrogen (secondary N) is 2. The SMILES string of the molecule is C/C=C1\SCNC1C(=O)NCc1ccccc1C. The molecular weight excluding hydrogens is 244 g/mol. The van der Waals surface area contributed by atoms with Crippen LogP contribution in [0.15, 0.2) is 35.2 Å². The minimum absolute atomic E-state index is 0.0522. The molecule has 0 radical (unpaired) electrons. The molecule has 1 aliphatic rings. The van der Waals surface area contributed by atoms with E-state index in [0.717, 1.165) is 10.8 Å². The lowest BCUT2D eigenvalue weighted by Crippen LogP contribution is -2.41. The predicted octanol–water partition coefficient (Wildman–Crippen LogP) is 2.18. The van der Waals surface area contributed by atoms with Crippen molar-refractivity contribution in [3.8, 4) is 0 Å². The number of rotatable bonds is 3. The minimum Gasteiger partial charge on any atom is -0.350 e. The van der Waals surface area contributed by atoms with E-state index in [-0.39, 0.29) is 11.9 Å². The van der Waals surface area contributed by atoms with Crippen molar-refractivity contribution in [1.29, 1.82) is 0 Å². The molecule has 1 heterocycles. The molecule has 1 atom stereocenters. The Balaban J connectivity index is 1.95. The topological polar surface area (TPSA) is 41.1 Å². The Morgan fingerprint density at radius 1 is 1.56 bits per heavy atom. The standard InChI is InChI=1S/C14H18N2OS/c1-3-12-13(16-9-18-12)14(17)15-8-11-7-5-4-6-10(11)2/h3-7,13,16H,8-9H2,1-2H3,(H,15,17)/b12-3-. The van der Waals surface area contributed by atoms with Crippen molar-refractivity contribution >= 4 is 17.7 Å². The van der Waals surface area contributed by atoms with E-state index in [4.69, 9.17) is 0 Å². The molecule has 3 nitrogen and oxygen atoms in total. The van der Waals surface area contributed by atoms with E-state index in [1.807, 2.05) is 31.2 Å². The van der Waals surface area contributed by atoms with E-state index < -0.39 is 0 Å². The largest absolute Gasteiger partial charge is 0.350 e. The maximum atomic E-state index is 12.1. The van der Waals surface area contributed by atoms with Crippen LogP contribution in [0.25, 0.3) is 0 Å². The van der Waals surface area contributed by atoms with Crippen molar-refractivity contribution in [2.45, 2.75) is 26.4 Å². The summed E-state index contributed by atoms with van der Waals surface area (Å²) in [5, 5.41) is 6.18. The molecule has 96 valence electrons. The summed E-state index contributed by atoms with van der Waals surface area (Å²) in [6.45, 7) is 4.62. The van der Waals surface area contributed by atoms with Crippen LogP contribution >= 0.6 is 11.8 Å². The van der Waals surface area contributed by atoms with E-state index in [1.54, 1.807) is 11.8 Å². The summed E-state index contributed by atoms with van der Waals surface area (Å²) < 4.78 is 0. The highest BCUT2D eigenvalue weighted by atomic mass is 32.2. The Hall–Kier alpha value is -1.26. The first-order valence-corrected chi connectivity index (χ1v) is 7.05. The zero-order valence-corrected chi connectivity index (χ0v) is 11.5. The maximum Gasteiger partial charge on any atom is 0.242 e. The van der Waals surface area contributed by atoms with Crippen LogP contribution in [0.1, 0.15) is 18.1 Å². The van der Waals surface area contributed by atoms with Crippen LogP contribution < -0.4 is 10.6 Å². The molecule has 1 saturated heterocycles. The van der Waals surface area contributed by atoms with Gasteiger partial charge in [-0.25, -0.2) is 0 Å². The lowest BCUT2D eigenvalue weighted by Gasteiger charge is -2.13. The van der Waals surface area contributed by atoms with Crippen LogP contribution in [0, 0.1) is 6.92 Å². The van der Waals surface area contributed by atoms with Gasteiger partial charge in [-0.3, -0.25) is 10.1 Å². The van der Waals surface area contributed by atoms with Crippen LogP contribution in [0.5, 0.6) is 0 Å². The van der Waals surface area contributed by atoms with E-state index in [1.165, 1.54) is 11.1 Å². The van der Waals surface area contributed by atoms with E-state index in [9.17, 15) is 4.79 Å². The highest BCUT2D eigenvalue weighted by molar-refractivity contribution is 8.03. The number of aryl methyl sites for hydroxylation is 1. The predicted molar refractivity (Wildman–Crippen MR) is 76.2 cm³/mol. The molecule has 0 spiro atoms. The van der Waals surface area contributed by atoms with Crippen molar-refractivity contribution in [2.75, 3.05) is 5.88 Å². The first kappa shape index (κ1) is 13.2. The molecule has 18 heavy (non-hydrogen) atoms. The number of hydrogen-bond donors (Lipinski definition) is 2. The van der Waals surface area contributed by atoms with Crippen molar-refractivity contribution in [3.63, 3.8) is 0 Å². The summed E-state index contributed by atoms with van der Waals surface area (Å²) in [4.78, 5) is 13.2. The molecule has 1 aromatic rings. The Labute approximate surface area is 112 Å². The van der Waals surface area contributed by atoms with Gasteiger partial charge in [-0.2, -0.15) is 0 Å². The number of hydrogen-bond acceptors (Lipinski definition) is 3. The summed E-state index contributed by atoms with van der Waals surface area (Å²) in [5.74, 6) is 0.860. The molecule has 1 fully saturated rings. The Morgan fingerprint density at radius 2 is 2.33 bits per heavy atom. The Morgan fingerprint density at radius 3 is 3.06 bits per heavy atom. The van der Waals surface area contributed by atoms with E-state index in [2.05, 4.69) is 23.6 Å². The Bertz CT molecular complexity index is 471. The zero-order valence-electron chi connectivity index (χ0n) is 10.7. The third-order valence-electron chi connectivity index (χ3n) is 3.07. The summed E-state index contributed by atoms with van der Waals surface area (Å²) in [6.07, 6.45) is 2.00. The number of carbonyl (C=O) groups is 1. The fraction of sp³-hybridized carbons (Fsp3) is 0.357. The fourth-order valence-electron chi connectivity index (χ4n) is 1.96.